The van der Waals surface area contributed by atoms with E-state index in [9.17, 15) is 13.6 Å². The number of hydrogen-bond acceptors (Lipinski definition) is 3. The van der Waals surface area contributed by atoms with E-state index >= 15 is 0 Å². The average Bonchev–Trinajstić information content (AvgIpc) is 2.33. The van der Waals surface area contributed by atoms with Crippen LogP contribution >= 0.6 is 0 Å². The van der Waals surface area contributed by atoms with E-state index in [0.717, 1.165) is 18.9 Å². The lowest BCUT2D eigenvalue weighted by atomic mass is 10.1. The highest BCUT2D eigenvalue weighted by Crippen LogP contribution is 2.22. The van der Waals surface area contributed by atoms with Gasteiger partial charge >= 0.3 is 0 Å². The monoisotopic (exact) mass is 256 g/mol. The van der Waals surface area contributed by atoms with E-state index in [4.69, 9.17) is 10.5 Å². The molecule has 1 amide bonds. The van der Waals surface area contributed by atoms with Gasteiger partial charge in [0, 0.05) is 25.3 Å². The summed E-state index contributed by atoms with van der Waals surface area (Å²) in [6.07, 6.45) is 1.48. The summed E-state index contributed by atoms with van der Waals surface area (Å²) in [6, 6.07) is 1.84. The first-order valence-corrected chi connectivity index (χ1v) is 5.71. The Morgan fingerprint density at radius 2 is 1.94 bits per heavy atom. The van der Waals surface area contributed by atoms with Crippen LogP contribution in [-0.4, -0.2) is 25.2 Å². The number of hydrogen-bond donors (Lipinski definition) is 2. The van der Waals surface area contributed by atoms with Gasteiger partial charge in [0.15, 0.2) is 0 Å². The Hall–Kier alpha value is -1.69. The van der Waals surface area contributed by atoms with Crippen LogP contribution in [0.4, 0.5) is 14.5 Å². The minimum atomic E-state index is -0.947. The highest BCUT2D eigenvalue weighted by Gasteiger charge is 2.18. The van der Waals surface area contributed by atoms with Crippen LogP contribution in [0, 0.1) is 11.6 Å². The summed E-state index contributed by atoms with van der Waals surface area (Å²) < 4.78 is 32.0. The topological polar surface area (TPSA) is 64.4 Å². The average molecular weight is 256 g/mol. The van der Waals surface area contributed by atoms with Crippen molar-refractivity contribution in [2.75, 3.05) is 18.5 Å². The lowest BCUT2D eigenvalue weighted by Crippen LogP contribution is -2.28. The first-order chi connectivity index (χ1) is 8.58. The smallest absolute Gasteiger partial charge is 0.251 e. The van der Waals surface area contributed by atoms with Gasteiger partial charge in [-0.2, -0.15) is 0 Å². The maximum absolute atomic E-state index is 13.6. The van der Waals surface area contributed by atoms with Crippen LogP contribution in [0.1, 0.15) is 23.2 Å². The number of primary amides is 1. The molecule has 6 heteroatoms. The Balaban J connectivity index is 2.21. The molecule has 0 atom stereocenters. The molecule has 1 fully saturated rings. The van der Waals surface area contributed by atoms with Crippen molar-refractivity contribution < 1.29 is 18.3 Å². The second kappa shape index (κ2) is 5.30. The number of ether oxygens (including phenoxy) is 1. The van der Waals surface area contributed by atoms with E-state index in [2.05, 4.69) is 5.32 Å². The Labute approximate surface area is 103 Å². The number of rotatable bonds is 3. The molecule has 1 aliphatic rings. The Morgan fingerprint density at radius 1 is 1.28 bits per heavy atom. The second-order valence-corrected chi connectivity index (χ2v) is 4.21. The van der Waals surface area contributed by atoms with Gasteiger partial charge in [0.2, 0.25) is 0 Å². The summed E-state index contributed by atoms with van der Waals surface area (Å²) >= 11 is 0. The van der Waals surface area contributed by atoms with Crippen molar-refractivity contribution >= 4 is 11.6 Å². The maximum atomic E-state index is 13.6. The maximum Gasteiger partial charge on any atom is 0.251 e. The van der Waals surface area contributed by atoms with Gasteiger partial charge in [-0.1, -0.05) is 0 Å². The SMILES string of the molecule is NC(=O)c1cc(NC2CCOCC2)c(F)cc1F. The lowest BCUT2D eigenvalue weighted by Gasteiger charge is -2.24. The van der Waals surface area contributed by atoms with Gasteiger partial charge in [-0.25, -0.2) is 8.78 Å². The summed E-state index contributed by atoms with van der Waals surface area (Å²) in [5, 5.41) is 2.94. The third-order valence-electron chi connectivity index (χ3n) is 2.90. The van der Waals surface area contributed by atoms with E-state index in [1.54, 1.807) is 0 Å². The molecule has 98 valence electrons. The first kappa shape index (κ1) is 12.8. The van der Waals surface area contributed by atoms with Crippen LogP contribution in [0.15, 0.2) is 12.1 Å². The molecule has 1 heterocycles. The van der Waals surface area contributed by atoms with E-state index in [1.807, 2.05) is 0 Å². The largest absolute Gasteiger partial charge is 0.381 e. The molecule has 3 N–H and O–H groups in total. The molecule has 2 rings (SSSR count). The zero-order valence-electron chi connectivity index (χ0n) is 9.71. The van der Waals surface area contributed by atoms with Crippen LogP contribution in [-0.2, 0) is 4.74 Å². The van der Waals surface area contributed by atoms with Gasteiger partial charge in [0.05, 0.1) is 11.3 Å². The zero-order valence-corrected chi connectivity index (χ0v) is 9.71. The van der Waals surface area contributed by atoms with Crippen molar-refractivity contribution in [2.24, 2.45) is 5.73 Å². The minimum Gasteiger partial charge on any atom is -0.381 e. The molecular formula is C12H14F2N2O2. The molecule has 0 spiro atoms. The molecule has 0 saturated carbocycles. The summed E-state index contributed by atoms with van der Waals surface area (Å²) in [4.78, 5) is 11.0. The fourth-order valence-corrected chi connectivity index (χ4v) is 1.91. The van der Waals surface area contributed by atoms with Crippen molar-refractivity contribution in [3.8, 4) is 0 Å². The predicted octanol–water partition coefficient (Wildman–Crippen LogP) is 1.65. The number of amides is 1. The number of nitrogens with two attached hydrogens (primary N) is 1. The number of carbonyl (C=O) groups is 1. The molecule has 1 aromatic carbocycles. The van der Waals surface area contributed by atoms with E-state index in [1.165, 1.54) is 0 Å². The lowest BCUT2D eigenvalue weighted by molar-refractivity contribution is 0.0903. The molecule has 18 heavy (non-hydrogen) atoms. The van der Waals surface area contributed by atoms with Gasteiger partial charge in [-0.15, -0.1) is 0 Å². The Kier molecular flexibility index (Phi) is 3.76. The van der Waals surface area contributed by atoms with Crippen molar-refractivity contribution in [3.05, 3.63) is 29.3 Å². The molecule has 0 aliphatic carbocycles. The molecule has 0 radical (unpaired) electrons. The van der Waals surface area contributed by atoms with Crippen LogP contribution < -0.4 is 11.1 Å². The minimum absolute atomic E-state index is 0.0550. The summed E-state index contributed by atoms with van der Waals surface area (Å²) in [7, 11) is 0. The fraction of sp³-hybridized carbons (Fsp3) is 0.417. The van der Waals surface area contributed by atoms with Crippen LogP contribution in [0.3, 0.4) is 0 Å². The fourth-order valence-electron chi connectivity index (χ4n) is 1.91. The van der Waals surface area contributed by atoms with Crippen molar-refractivity contribution in [2.45, 2.75) is 18.9 Å². The first-order valence-electron chi connectivity index (χ1n) is 5.71. The van der Waals surface area contributed by atoms with Crippen LogP contribution in [0.25, 0.3) is 0 Å². The van der Waals surface area contributed by atoms with Gasteiger partial charge < -0.3 is 15.8 Å². The number of halogens is 2. The third-order valence-corrected chi connectivity index (χ3v) is 2.90. The molecule has 0 unspecified atom stereocenters. The van der Waals surface area contributed by atoms with Crippen LogP contribution in [0.5, 0.6) is 0 Å². The summed E-state index contributed by atoms with van der Waals surface area (Å²) in [6.45, 7) is 1.20. The number of nitrogens with one attached hydrogen (secondary N) is 1. The third kappa shape index (κ3) is 2.76. The number of anilines is 1. The molecule has 0 bridgehead atoms. The summed E-state index contributed by atoms with van der Waals surface area (Å²) in [5.41, 5.74) is 4.80. The molecule has 1 saturated heterocycles. The van der Waals surface area contributed by atoms with Crippen molar-refractivity contribution in [1.29, 1.82) is 0 Å². The predicted molar refractivity (Wildman–Crippen MR) is 62.3 cm³/mol. The Morgan fingerprint density at radius 3 is 2.56 bits per heavy atom. The molecular weight excluding hydrogens is 242 g/mol. The van der Waals surface area contributed by atoms with Gasteiger partial charge in [0.1, 0.15) is 11.6 Å². The van der Waals surface area contributed by atoms with Crippen molar-refractivity contribution in [1.82, 2.24) is 0 Å². The van der Waals surface area contributed by atoms with Gasteiger partial charge in [-0.3, -0.25) is 4.79 Å². The standard InChI is InChI=1S/C12H14F2N2O2/c13-9-6-10(14)11(5-8(9)12(15)17)16-7-1-3-18-4-2-7/h5-7,16H,1-4H2,(H2,15,17). The quantitative estimate of drug-likeness (QED) is 0.864. The zero-order chi connectivity index (χ0) is 13.1. The van der Waals surface area contributed by atoms with Gasteiger partial charge in [0.25, 0.3) is 5.91 Å². The van der Waals surface area contributed by atoms with Crippen LogP contribution in [0.2, 0.25) is 0 Å². The molecule has 1 aromatic rings. The Bertz CT molecular complexity index is 460. The molecule has 0 aromatic heterocycles. The molecule has 4 nitrogen and oxygen atoms in total. The highest BCUT2D eigenvalue weighted by atomic mass is 19.1. The van der Waals surface area contributed by atoms with Crippen molar-refractivity contribution in [3.63, 3.8) is 0 Å². The van der Waals surface area contributed by atoms with Gasteiger partial charge in [-0.05, 0) is 18.9 Å². The second-order valence-electron chi connectivity index (χ2n) is 4.21. The van der Waals surface area contributed by atoms with E-state index < -0.39 is 17.5 Å². The summed E-state index contributed by atoms with van der Waals surface area (Å²) in [5.74, 6) is -2.59. The number of benzene rings is 1. The van der Waals surface area contributed by atoms with E-state index in [-0.39, 0.29) is 17.3 Å². The normalized spacial score (nSPS) is 16.6. The highest BCUT2D eigenvalue weighted by molar-refractivity contribution is 5.94. The van der Waals surface area contributed by atoms with E-state index in [0.29, 0.717) is 19.3 Å². The number of carbonyl (C=O) groups excluding carboxylic acids is 1. The molecule has 1 aliphatic heterocycles.